The topological polar surface area (TPSA) is 74.5 Å². The highest BCUT2D eigenvalue weighted by atomic mass is 19.4. The third-order valence-corrected chi connectivity index (χ3v) is 2.87. The minimum absolute atomic E-state index is 0.204. The van der Waals surface area contributed by atoms with E-state index in [0.29, 0.717) is 18.2 Å². The summed E-state index contributed by atoms with van der Waals surface area (Å²) in [6, 6.07) is 3.72. The van der Waals surface area contributed by atoms with Crippen LogP contribution in [-0.2, 0) is 6.18 Å². The number of alkyl halides is 3. The van der Waals surface area contributed by atoms with Gasteiger partial charge in [0.1, 0.15) is 17.7 Å². The summed E-state index contributed by atoms with van der Waals surface area (Å²) in [6.07, 6.45) is -4.46. The van der Waals surface area contributed by atoms with Crippen LogP contribution >= 0.6 is 0 Å². The summed E-state index contributed by atoms with van der Waals surface area (Å²) in [4.78, 5) is 11.6. The van der Waals surface area contributed by atoms with Gasteiger partial charge in [0.05, 0.1) is 24.1 Å². The van der Waals surface area contributed by atoms with Gasteiger partial charge in [0.15, 0.2) is 0 Å². The maximum Gasteiger partial charge on any atom is 0.416 e. The minimum Gasteiger partial charge on any atom is -0.467 e. The molecular formula is C14H12F4N2O3. The van der Waals surface area contributed by atoms with Crippen LogP contribution in [0.2, 0.25) is 0 Å². The number of hydrogen-bond acceptors (Lipinski definition) is 3. The van der Waals surface area contributed by atoms with Crippen LogP contribution < -0.4 is 10.6 Å². The van der Waals surface area contributed by atoms with Crippen molar-refractivity contribution in [3.8, 4) is 0 Å². The fourth-order valence-electron chi connectivity index (χ4n) is 1.73. The molecule has 23 heavy (non-hydrogen) atoms. The number of amides is 2. The second kappa shape index (κ2) is 6.69. The number of aliphatic hydroxyl groups excluding tert-OH is 1. The molecule has 1 unspecified atom stereocenters. The van der Waals surface area contributed by atoms with E-state index in [1.165, 1.54) is 18.4 Å². The molecule has 0 bridgehead atoms. The molecule has 5 nitrogen and oxygen atoms in total. The molecule has 1 aromatic carbocycles. The molecule has 9 heteroatoms. The average Bonchev–Trinajstić information content (AvgIpc) is 3.00. The first-order valence-corrected chi connectivity index (χ1v) is 6.40. The van der Waals surface area contributed by atoms with Crippen LogP contribution in [0.25, 0.3) is 0 Å². The highest BCUT2D eigenvalue weighted by molar-refractivity contribution is 5.89. The van der Waals surface area contributed by atoms with Gasteiger partial charge in [-0.25, -0.2) is 9.18 Å². The van der Waals surface area contributed by atoms with Crippen LogP contribution in [0.5, 0.6) is 0 Å². The quantitative estimate of drug-likeness (QED) is 0.752. The van der Waals surface area contributed by atoms with Crippen molar-refractivity contribution in [1.29, 1.82) is 0 Å². The van der Waals surface area contributed by atoms with Crippen molar-refractivity contribution in [2.45, 2.75) is 12.3 Å². The number of anilines is 1. The summed E-state index contributed by atoms with van der Waals surface area (Å²) in [5, 5.41) is 13.8. The van der Waals surface area contributed by atoms with Crippen molar-refractivity contribution >= 4 is 11.7 Å². The normalized spacial score (nSPS) is 12.7. The highest BCUT2D eigenvalue weighted by Gasteiger charge is 2.31. The zero-order valence-electron chi connectivity index (χ0n) is 11.5. The Balaban J connectivity index is 1.97. The molecule has 0 fully saturated rings. The number of aliphatic hydroxyl groups is 1. The standard InChI is InChI=1S/C14H12F4N2O3/c15-9-4-3-8(14(16,17)18)6-10(9)20-13(22)19-7-11(21)12-2-1-5-23-12/h1-6,11,21H,7H2,(H2,19,20,22). The summed E-state index contributed by atoms with van der Waals surface area (Å²) in [6.45, 7) is -0.264. The van der Waals surface area contributed by atoms with Crippen LogP contribution in [0, 0.1) is 5.82 Å². The number of urea groups is 1. The molecular weight excluding hydrogens is 320 g/mol. The number of halogens is 4. The van der Waals surface area contributed by atoms with Gasteiger partial charge >= 0.3 is 12.2 Å². The van der Waals surface area contributed by atoms with E-state index in [9.17, 15) is 27.5 Å². The fraction of sp³-hybridized carbons (Fsp3) is 0.214. The molecule has 1 heterocycles. The van der Waals surface area contributed by atoms with Crippen LogP contribution in [-0.4, -0.2) is 17.7 Å². The molecule has 0 spiro atoms. The average molecular weight is 332 g/mol. The Morgan fingerprint density at radius 1 is 1.30 bits per heavy atom. The van der Waals surface area contributed by atoms with E-state index in [-0.39, 0.29) is 12.3 Å². The summed E-state index contributed by atoms with van der Waals surface area (Å²) in [5.74, 6) is -0.810. The van der Waals surface area contributed by atoms with Crippen molar-refractivity contribution in [2.75, 3.05) is 11.9 Å². The van der Waals surface area contributed by atoms with Gasteiger partial charge in [0.25, 0.3) is 0 Å². The maximum atomic E-state index is 13.5. The zero-order chi connectivity index (χ0) is 17.0. The van der Waals surface area contributed by atoms with E-state index < -0.39 is 35.4 Å². The van der Waals surface area contributed by atoms with E-state index >= 15 is 0 Å². The van der Waals surface area contributed by atoms with Crippen LogP contribution in [0.1, 0.15) is 17.4 Å². The van der Waals surface area contributed by atoms with E-state index in [2.05, 4.69) is 5.32 Å². The molecule has 2 aromatic rings. The molecule has 0 aliphatic heterocycles. The first-order chi connectivity index (χ1) is 10.8. The molecule has 124 valence electrons. The van der Waals surface area contributed by atoms with Gasteiger partial charge in [-0.1, -0.05) is 0 Å². The predicted molar refractivity (Wildman–Crippen MR) is 72.1 cm³/mol. The van der Waals surface area contributed by atoms with Gasteiger partial charge in [-0.05, 0) is 30.3 Å². The third kappa shape index (κ3) is 4.46. The van der Waals surface area contributed by atoms with Crippen LogP contribution in [0.15, 0.2) is 41.0 Å². The molecule has 1 aromatic heterocycles. The maximum absolute atomic E-state index is 13.5. The smallest absolute Gasteiger partial charge is 0.416 e. The van der Waals surface area contributed by atoms with Gasteiger partial charge in [0, 0.05) is 0 Å². The van der Waals surface area contributed by atoms with Crippen molar-refractivity contribution < 1.29 is 31.9 Å². The molecule has 2 rings (SSSR count). The Bertz CT molecular complexity index is 671. The fourth-order valence-corrected chi connectivity index (χ4v) is 1.73. The number of carbonyl (C=O) groups is 1. The SMILES string of the molecule is O=C(NCC(O)c1ccco1)Nc1cc(C(F)(F)F)ccc1F. The Morgan fingerprint density at radius 3 is 2.65 bits per heavy atom. The van der Waals surface area contributed by atoms with Crippen molar-refractivity contribution in [3.05, 3.63) is 53.7 Å². The molecule has 0 radical (unpaired) electrons. The Hall–Kier alpha value is -2.55. The monoisotopic (exact) mass is 332 g/mol. The molecule has 2 amide bonds. The van der Waals surface area contributed by atoms with Gasteiger partial charge in [-0.15, -0.1) is 0 Å². The van der Waals surface area contributed by atoms with Gasteiger partial charge in [-0.3, -0.25) is 0 Å². The lowest BCUT2D eigenvalue weighted by Gasteiger charge is -2.13. The number of hydrogen-bond donors (Lipinski definition) is 3. The van der Waals surface area contributed by atoms with Crippen LogP contribution in [0.3, 0.4) is 0 Å². The Labute approximate surface area is 127 Å². The van der Waals surface area contributed by atoms with Crippen molar-refractivity contribution in [3.63, 3.8) is 0 Å². The first-order valence-electron chi connectivity index (χ1n) is 6.40. The highest BCUT2D eigenvalue weighted by Crippen LogP contribution is 2.31. The second-order valence-corrected chi connectivity index (χ2v) is 4.56. The van der Waals surface area contributed by atoms with Crippen molar-refractivity contribution in [1.82, 2.24) is 5.32 Å². The molecule has 0 saturated carbocycles. The molecule has 0 aliphatic rings. The third-order valence-electron chi connectivity index (χ3n) is 2.87. The summed E-state index contributed by atoms with van der Waals surface area (Å²) in [5.41, 5.74) is -1.71. The number of carbonyl (C=O) groups excluding carboxylic acids is 1. The summed E-state index contributed by atoms with van der Waals surface area (Å²) < 4.78 is 56.0. The number of furan rings is 1. The second-order valence-electron chi connectivity index (χ2n) is 4.56. The number of nitrogens with one attached hydrogen (secondary N) is 2. The predicted octanol–water partition coefficient (Wildman–Crippen LogP) is 3.29. The van der Waals surface area contributed by atoms with Crippen molar-refractivity contribution in [2.24, 2.45) is 0 Å². The lowest BCUT2D eigenvalue weighted by molar-refractivity contribution is -0.137. The molecule has 3 N–H and O–H groups in total. The number of rotatable bonds is 4. The van der Waals surface area contributed by atoms with E-state index in [0.717, 1.165) is 0 Å². The van der Waals surface area contributed by atoms with E-state index in [1.54, 1.807) is 0 Å². The summed E-state index contributed by atoms with van der Waals surface area (Å²) >= 11 is 0. The zero-order valence-corrected chi connectivity index (χ0v) is 11.5. The lowest BCUT2D eigenvalue weighted by atomic mass is 10.2. The minimum atomic E-state index is -4.66. The molecule has 1 atom stereocenters. The molecule has 0 aliphatic carbocycles. The van der Waals surface area contributed by atoms with E-state index in [4.69, 9.17) is 4.42 Å². The summed E-state index contributed by atoms with van der Waals surface area (Å²) in [7, 11) is 0. The lowest BCUT2D eigenvalue weighted by Crippen LogP contribution is -2.32. The van der Waals surface area contributed by atoms with Gasteiger partial charge in [0.2, 0.25) is 0 Å². The van der Waals surface area contributed by atoms with Gasteiger partial charge < -0.3 is 20.2 Å². The molecule has 0 saturated heterocycles. The first kappa shape index (κ1) is 16.8. The Morgan fingerprint density at radius 2 is 2.04 bits per heavy atom. The largest absolute Gasteiger partial charge is 0.467 e. The number of benzene rings is 1. The van der Waals surface area contributed by atoms with E-state index in [1.807, 2.05) is 5.32 Å². The Kier molecular flexibility index (Phi) is 4.89. The van der Waals surface area contributed by atoms with Crippen LogP contribution in [0.4, 0.5) is 28.0 Å². The van der Waals surface area contributed by atoms with Gasteiger partial charge in [-0.2, -0.15) is 13.2 Å².